The summed E-state index contributed by atoms with van der Waals surface area (Å²) in [5.74, 6) is 0.687. The molecule has 2 heterocycles. The molecule has 1 aromatic heterocycles. The van der Waals surface area contributed by atoms with Crippen LogP contribution in [0.3, 0.4) is 0 Å². The molecule has 0 saturated carbocycles. The Morgan fingerprint density at radius 3 is 2.86 bits per heavy atom. The Balaban J connectivity index is 1.99. The van der Waals surface area contributed by atoms with E-state index in [1.807, 2.05) is 18.9 Å². The maximum absolute atomic E-state index is 12.6. The van der Waals surface area contributed by atoms with Crippen LogP contribution in [0.25, 0.3) is 0 Å². The number of hydrogen-bond donors (Lipinski definition) is 1. The van der Waals surface area contributed by atoms with E-state index in [0.717, 1.165) is 31.9 Å². The number of aromatic nitrogens is 1. The highest BCUT2D eigenvalue weighted by molar-refractivity contribution is 5.99. The van der Waals surface area contributed by atoms with Crippen molar-refractivity contribution in [2.75, 3.05) is 45.6 Å². The average molecular weight is 290 g/mol. The normalized spacial score (nSPS) is 16.7. The quantitative estimate of drug-likeness (QED) is 0.900. The van der Waals surface area contributed by atoms with Crippen molar-refractivity contribution in [2.45, 2.75) is 19.8 Å². The number of carbonyl (C=O) groups excluding carboxylic acids is 1. The minimum absolute atomic E-state index is 0.0762. The first-order valence-electron chi connectivity index (χ1n) is 7.73. The summed E-state index contributed by atoms with van der Waals surface area (Å²) in [5.41, 5.74) is 1.53. The predicted molar refractivity (Wildman–Crippen MR) is 85.6 cm³/mol. The Morgan fingerprint density at radius 1 is 1.48 bits per heavy atom. The first kappa shape index (κ1) is 15.8. The number of nitrogens with zero attached hydrogens (tertiary/aromatic N) is 3. The zero-order valence-corrected chi connectivity index (χ0v) is 13.3. The number of likely N-dealkylation sites (tertiary alicyclic amines) is 1. The van der Waals surface area contributed by atoms with Crippen molar-refractivity contribution in [1.29, 1.82) is 0 Å². The van der Waals surface area contributed by atoms with Gasteiger partial charge in [-0.25, -0.2) is 0 Å². The number of piperidine rings is 1. The molecule has 1 aromatic rings. The average Bonchev–Trinajstić information content (AvgIpc) is 2.50. The van der Waals surface area contributed by atoms with Crippen LogP contribution in [0.4, 0.5) is 5.69 Å². The molecule has 1 aliphatic heterocycles. The molecule has 0 bridgehead atoms. The number of pyridine rings is 1. The SMILES string of the molecule is CCNc1cnccc1C(=O)N(C)CC1CCN(C)CC1. The van der Waals surface area contributed by atoms with Gasteiger partial charge in [-0.05, 0) is 51.9 Å². The van der Waals surface area contributed by atoms with Gasteiger partial charge in [0.1, 0.15) is 0 Å². The van der Waals surface area contributed by atoms with Crippen LogP contribution in [0.2, 0.25) is 0 Å². The lowest BCUT2D eigenvalue weighted by Gasteiger charge is -2.31. The molecule has 1 amide bonds. The lowest BCUT2D eigenvalue weighted by atomic mass is 9.96. The number of amides is 1. The Morgan fingerprint density at radius 2 is 2.19 bits per heavy atom. The second kappa shape index (κ2) is 7.41. The van der Waals surface area contributed by atoms with Gasteiger partial charge in [0, 0.05) is 26.3 Å². The summed E-state index contributed by atoms with van der Waals surface area (Å²) in [4.78, 5) is 20.9. The van der Waals surface area contributed by atoms with E-state index >= 15 is 0 Å². The third-order valence-electron chi connectivity index (χ3n) is 4.14. The highest BCUT2D eigenvalue weighted by Gasteiger charge is 2.22. The monoisotopic (exact) mass is 290 g/mol. The molecule has 21 heavy (non-hydrogen) atoms. The molecule has 1 N–H and O–H groups in total. The molecule has 0 aliphatic carbocycles. The molecule has 5 heteroatoms. The van der Waals surface area contributed by atoms with Gasteiger partial charge in [-0.3, -0.25) is 9.78 Å². The Hall–Kier alpha value is -1.62. The summed E-state index contributed by atoms with van der Waals surface area (Å²) in [6, 6.07) is 1.80. The van der Waals surface area contributed by atoms with Crippen molar-refractivity contribution in [3.05, 3.63) is 24.0 Å². The number of nitrogens with one attached hydrogen (secondary N) is 1. The van der Waals surface area contributed by atoms with Crippen LogP contribution in [0.15, 0.2) is 18.5 Å². The molecular formula is C16H26N4O. The molecule has 2 rings (SSSR count). The van der Waals surface area contributed by atoms with Crippen LogP contribution >= 0.6 is 0 Å². The first-order chi connectivity index (χ1) is 10.1. The Bertz CT molecular complexity index is 469. The van der Waals surface area contributed by atoms with Crippen molar-refractivity contribution < 1.29 is 4.79 Å². The summed E-state index contributed by atoms with van der Waals surface area (Å²) < 4.78 is 0. The van der Waals surface area contributed by atoms with E-state index in [0.29, 0.717) is 11.5 Å². The van der Waals surface area contributed by atoms with Gasteiger partial charge in [0.2, 0.25) is 0 Å². The number of anilines is 1. The molecule has 0 unspecified atom stereocenters. The third-order valence-corrected chi connectivity index (χ3v) is 4.14. The van der Waals surface area contributed by atoms with Crippen molar-refractivity contribution in [3.63, 3.8) is 0 Å². The van der Waals surface area contributed by atoms with Gasteiger partial charge in [-0.1, -0.05) is 0 Å². The van der Waals surface area contributed by atoms with E-state index in [1.165, 1.54) is 12.8 Å². The maximum Gasteiger partial charge on any atom is 0.255 e. The standard InChI is InChI=1S/C16H26N4O/c1-4-18-15-11-17-8-5-14(15)16(21)20(3)12-13-6-9-19(2)10-7-13/h5,8,11,13,18H,4,6-7,9-10,12H2,1-3H3. The molecule has 116 valence electrons. The van der Waals surface area contributed by atoms with E-state index in [9.17, 15) is 4.79 Å². The molecule has 0 atom stereocenters. The summed E-state index contributed by atoms with van der Waals surface area (Å²) in [5, 5.41) is 3.20. The fourth-order valence-electron chi connectivity index (χ4n) is 2.83. The van der Waals surface area contributed by atoms with Crippen molar-refractivity contribution in [1.82, 2.24) is 14.8 Å². The van der Waals surface area contributed by atoms with Gasteiger partial charge >= 0.3 is 0 Å². The summed E-state index contributed by atoms with van der Waals surface area (Å²) in [6.07, 6.45) is 5.74. The highest BCUT2D eigenvalue weighted by atomic mass is 16.2. The second-order valence-corrected chi connectivity index (χ2v) is 5.88. The van der Waals surface area contributed by atoms with Crippen LogP contribution in [-0.4, -0.2) is 61.0 Å². The van der Waals surface area contributed by atoms with E-state index in [2.05, 4.69) is 22.2 Å². The van der Waals surface area contributed by atoms with E-state index in [1.54, 1.807) is 18.5 Å². The molecule has 1 aliphatic rings. The molecular weight excluding hydrogens is 264 g/mol. The fourth-order valence-corrected chi connectivity index (χ4v) is 2.83. The summed E-state index contributed by atoms with van der Waals surface area (Å²) in [6.45, 7) is 5.89. The largest absolute Gasteiger partial charge is 0.383 e. The fraction of sp³-hybridized carbons (Fsp3) is 0.625. The lowest BCUT2D eigenvalue weighted by Crippen LogP contribution is -2.38. The van der Waals surface area contributed by atoms with Crippen LogP contribution in [0.5, 0.6) is 0 Å². The summed E-state index contributed by atoms with van der Waals surface area (Å²) in [7, 11) is 4.06. The first-order valence-corrected chi connectivity index (χ1v) is 7.73. The van der Waals surface area contributed by atoms with Crippen molar-refractivity contribution in [2.24, 2.45) is 5.92 Å². The molecule has 1 fully saturated rings. The van der Waals surface area contributed by atoms with Crippen LogP contribution in [0, 0.1) is 5.92 Å². The van der Waals surface area contributed by atoms with Crippen LogP contribution in [-0.2, 0) is 0 Å². The van der Waals surface area contributed by atoms with Crippen molar-refractivity contribution >= 4 is 11.6 Å². The minimum Gasteiger partial charge on any atom is -0.383 e. The molecule has 1 saturated heterocycles. The summed E-state index contributed by atoms with van der Waals surface area (Å²) >= 11 is 0. The minimum atomic E-state index is 0.0762. The topological polar surface area (TPSA) is 48.5 Å². The number of hydrogen-bond acceptors (Lipinski definition) is 4. The van der Waals surface area contributed by atoms with Gasteiger partial charge < -0.3 is 15.1 Å². The van der Waals surface area contributed by atoms with Crippen LogP contribution < -0.4 is 5.32 Å². The van der Waals surface area contributed by atoms with Crippen molar-refractivity contribution in [3.8, 4) is 0 Å². The van der Waals surface area contributed by atoms with E-state index < -0.39 is 0 Å². The van der Waals surface area contributed by atoms with Gasteiger partial charge in [0.25, 0.3) is 5.91 Å². The van der Waals surface area contributed by atoms with Crippen LogP contribution in [0.1, 0.15) is 30.1 Å². The molecule has 0 aromatic carbocycles. The molecule has 0 spiro atoms. The van der Waals surface area contributed by atoms with Gasteiger partial charge in [-0.2, -0.15) is 0 Å². The van der Waals surface area contributed by atoms with Gasteiger partial charge in [-0.15, -0.1) is 0 Å². The zero-order chi connectivity index (χ0) is 15.2. The number of rotatable bonds is 5. The second-order valence-electron chi connectivity index (χ2n) is 5.88. The molecule has 5 nitrogen and oxygen atoms in total. The third kappa shape index (κ3) is 4.17. The van der Waals surface area contributed by atoms with E-state index in [4.69, 9.17) is 0 Å². The number of carbonyl (C=O) groups is 1. The predicted octanol–water partition coefficient (Wildman–Crippen LogP) is 1.93. The van der Waals surface area contributed by atoms with Gasteiger partial charge in [0.05, 0.1) is 17.4 Å². The Labute approximate surface area is 127 Å². The highest BCUT2D eigenvalue weighted by Crippen LogP contribution is 2.20. The zero-order valence-electron chi connectivity index (χ0n) is 13.3. The maximum atomic E-state index is 12.6. The van der Waals surface area contributed by atoms with E-state index in [-0.39, 0.29) is 5.91 Å². The lowest BCUT2D eigenvalue weighted by molar-refractivity contribution is 0.0748. The van der Waals surface area contributed by atoms with Gasteiger partial charge in [0.15, 0.2) is 0 Å². The smallest absolute Gasteiger partial charge is 0.255 e. The Kier molecular flexibility index (Phi) is 5.56. The molecule has 0 radical (unpaired) electrons.